The van der Waals surface area contributed by atoms with Gasteiger partial charge in [0.1, 0.15) is 0 Å². The minimum Gasteiger partial charge on any atom is -0.232 e. The van der Waals surface area contributed by atoms with Gasteiger partial charge in [-0.15, -0.1) is 0 Å². The van der Waals surface area contributed by atoms with Crippen LogP contribution in [0.4, 0.5) is 26.3 Å². The zero-order valence-corrected chi connectivity index (χ0v) is 6.32. The van der Waals surface area contributed by atoms with Crippen LogP contribution >= 0.6 is 0 Å². The lowest BCUT2D eigenvalue weighted by atomic mass is 10.3. The van der Waals surface area contributed by atoms with E-state index in [4.69, 9.17) is 0 Å². The van der Waals surface area contributed by atoms with Gasteiger partial charge in [0.25, 0.3) is 0 Å². The van der Waals surface area contributed by atoms with E-state index in [-0.39, 0.29) is 12.4 Å². The molecule has 14 heavy (non-hydrogen) atoms. The van der Waals surface area contributed by atoms with E-state index < -0.39 is 23.7 Å². The van der Waals surface area contributed by atoms with Crippen molar-refractivity contribution in [3.63, 3.8) is 0 Å². The molecule has 0 N–H and O–H groups in total. The summed E-state index contributed by atoms with van der Waals surface area (Å²) in [5.41, 5.74) is -1.31. The van der Waals surface area contributed by atoms with Gasteiger partial charge in [0.05, 0.1) is 5.56 Å². The fraction of sp³-hybridized carbons (Fsp3) is 0.333. The van der Waals surface area contributed by atoms with Crippen molar-refractivity contribution in [1.82, 2.24) is 9.97 Å². The smallest absolute Gasteiger partial charge is 0.232 e. The van der Waals surface area contributed by atoms with Gasteiger partial charge in [0, 0.05) is 12.4 Å². The lowest BCUT2D eigenvalue weighted by molar-refractivity contribution is -0.148. The van der Waals surface area contributed by atoms with Crippen molar-refractivity contribution in [2.75, 3.05) is 0 Å². The van der Waals surface area contributed by atoms with E-state index in [1.165, 1.54) is 0 Å². The first kappa shape index (κ1) is 10.7. The molecule has 0 amide bonds. The molecular weight excluding hydrogens is 214 g/mol. The first-order valence-electron chi connectivity index (χ1n) is 3.17. The number of halogens is 6. The molecule has 0 bridgehead atoms. The van der Waals surface area contributed by atoms with E-state index >= 15 is 0 Å². The molecule has 78 valence electrons. The molecule has 0 atom stereocenters. The summed E-state index contributed by atoms with van der Waals surface area (Å²) in [5, 5.41) is 0. The van der Waals surface area contributed by atoms with Crippen LogP contribution in [0.5, 0.6) is 0 Å². The van der Waals surface area contributed by atoms with Crippen LogP contribution in [0.25, 0.3) is 0 Å². The van der Waals surface area contributed by atoms with Crippen molar-refractivity contribution in [2.24, 2.45) is 0 Å². The van der Waals surface area contributed by atoms with Gasteiger partial charge >= 0.3 is 12.4 Å². The highest BCUT2D eigenvalue weighted by atomic mass is 19.4. The Labute approximate surface area is 73.6 Å². The molecule has 0 radical (unpaired) electrons. The molecular formula is C6H2F6N2. The van der Waals surface area contributed by atoms with Crippen LogP contribution in [0, 0.1) is 0 Å². The van der Waals surface area contributed by atoms with E-state index in [2.05, 4.69) is 9.97 Å². The van der Waals surface area contributed by atoms with Crippen molar-refractivity contribution >= 4 is 0 Å². The zero-order chi connectivity index (χ0) is 11.0. The number of alkyl halides is 6. The summed E-state index contributed by atoms with van der Waals surface area (Å²) in [7, 11) is 0. The van der Waals surface area contributed by atoms with E-state index in [0.717, 1.165) is 0 Å². The maximum absolute atomic E-state index is 11.9. The molecule has 1 aromatic heterocycles. The Balaban J connectivity index is 3.02. The predicted molar refractivity (Wildman–Crippen MR) is 32.0 cm³/mol. The summed E-state index contributed by atoms with van der Waals surface area (Å²) in [5.74, 6) is -1.59. The third kappa shape index (κ3) is 2.33. The van der Waals surface area contributed by atoms with Crippen molar-refractivity contribution < 1.29 is 26.3 Å². The second-order valence-electron chi connectivity index (χ2n) is 2.29. The summed E-state index contributed by atoms with van der Waals surface area (Å²) >= 11 is 0. The van der Waals surface area contributed by atoms with Gasteiger partial charge in [-0.25, -0.2) is 9.97 Å². The Bertz CT molecular complexity index is 278. The highest BCUT2D eigenvalue weighted by Gasteiger charge is 2.37. The monoisotopic (exact) mass is 216 g/mol. The van der Waals surface area contributed by atoms with Crippen molar-refractivity contribution in [3.8, 4) is 0 Å². The van der Waals surface area contributed by atoms with Crippen molar-refractivity contribution in [2.45, 2.75) is 12.4 Å². The second kappa shape index (κ2) is 3.10. The maximum Gasteiger partial charge on any atom is 0.451 e. The third-order valence-electron chi connectivity index (χ3n) is 1.23. The van der Waals surface area contributed by atoms with Crippen LogP contribution in [0.2, 0.25) is 0 Å². The SMILES string of the molecule is FC(F)(F)c1cnc(C(F)(F)F)nc1. The van der Waals surface area contributed by atoms with E-state index in [1.54, 1.807) is 0 Å². The minimum absolute atomic E-state index is 0.0931. The van der Waals surface area contributed by atoms with Crippen LogP contribution < -0.4 is 0 Å². The van der Waals surface area contributed by atoms with Gasteiger partial charge in [0.15, 0.2) is 0 Å². The Morgan fingerprint density at radius 1 is 0.786 bits per heavy atom. The first-order valence-corrected chi connectivity index (χ1v) is 3.17. The molecule has 0 unspecified atom stereocenters. The zero-order valence-electron chi connectivity index (χ0n) is 6.32. The number of hydrogen-bond acceptors (Lipinski definition) is 2. The van der Waals surface area contributed by atoms with Crippen LogP contribution in [-0.2, 0) is 12.4 Å². The first-order chi connectivity index (χ1) is 6.21. The van der Waals surface area contributed by atoms with Crippen LogP contribution in [0.1, 0.15) is 11.4 Å². The Kier molecular flexibility index (Phi) is 2.38. The molecule has 0 spiro atoms. The molecule has 2 nitrogen and oxygen atoms in total. The molecule has 0 aliphatic rings. The standard InChI is InChI=1S/C6H2F6N2/c7-5(8,9)3-1-13-4(14-2-3)6(10,11)12/h1-2H. The highest BCUT2D eigenvalue weighted by molar-refractivity contribution is 5.10. The quantitative estimate of drug-likeness (QED) is 0.622. The Morgan fingerprint density at radius 2 is 1.21 bits per heavy atom. The average Bonchev–Trinajstić information content (AvgIpc) is 2.01. The largest absolute Gasteiger partial charge is 0.451 e. The minimum atomic E-state index is -4.83. The van der Waals surface area contributed by atoms with Gasteiger partial charge in [-0.3, -0.25) is 0 Å². The maximum atomic E-state index is 11.9. The lowest BCUT2D eigenvalue weighted by Crippen LogP contribution is -2.13. The molecule has 0 aliphatic carbocycles. The molecule has 1 rings (SSSR count). The molecule has 0 saturated heterocycles. The lowest BCUT2D eigenvalue weighted by Gasteiger charge is -2.07. The van der Waals surface area contributed by atoms with Crippen molar-refractivity contribution in [1.29, 1.82) is 0 Å². The third-order valence-corrected chi connectivity index (χ3v) is 1.23. The van der Waals surface area contributed by atoms with Gasteiger partial charge in [-0.2, -0.15) is 26.3 Å². The van der Waals surface area contributed by atoms with Crippen LogP contribution in [0.3, 0.4) is 0 Å². The highest BCUT2D eigenvalue weighted by Crippen LogP contribution is 2.30. The summed E-state index contributed by atoms with van der Waals surface area (Å²) in [6.45, 7) is 0. The number of rotatable bonds is 0. The fourth-order valence-electron chi connectivity index (χ4n) is 0.621. The molecule has 1 aromatic rings. The fourth-order valence-corrected chi connectivity index (χ4v) is 0.621. The molecule has 0 aliphatic heterocycles. The molecule has 1 heterocycles. The normalized spacial score (nSPS) is 13.0. The Hall–Kier alpha value is -1.34. The van der Waals surface area contributed by atoms with E-state index in [1.807, 2.05) is 0 Å². The van der Waals surface area contributed by atoms with Gasteiger partial charge in [-0.1, -0.05) is 0 Å². The predicted octanol–water partition coefficient (Wildman–Crippen LogP) is 2.51. The summed E-state index contributed by atoms with van der Waals surface area (Å²) in [6.07, 6.45) is -9.38. The molecule has 8 heteroatoms. The van der Waals surface area contributed by atoms with Crippen LogP contribution in [-0.4, -0.2) is 9.97 Å². The molecule has 0 saturated carbocycles. The van der Waals surface area contributed by atoms with E-state index in [9.17, 15) is 26.3 Å². The molecule has 0 aromatic carbocycles. The van der Waals surface area contributed by atoms with Gasteiger partial charge < -0.3 is 0 Å². The van der Waals surface area contributed by atoms with Crippen molar-refractivity contribution in [3.05, 3.63) is 23.8 Å². The van der Waals surface area contributed by atoms with Crippen LogP contribution in [0.15, 0.2) is 12.4 Å². The summed E-state index contributed by atoms with van der Waals surface area (Å²) in [6, 6.07) is 0. The Morgan fingerprint density at radius 3 is 1.50 bits per heavy atom. The number of hydrogen-bond donors (Lipinski definition) is 0. The number of aromatic nitrogens is 2. The number of nitrogens with zero attached hydrogens (tertiary/aromatic N) is 2. The average molecular weight is 216 g/mol. The van der Waals surface area contributed by atoms with Gasteiger partial charge in [0.2, 0.25) is 5.82 Å². The summed E-state index contributed by atoms with van der Waals surface area (Å²) < 4.78 is 71.0. The second-order valence-corrected chi connectivity index (χ2v) is 2.29. The summed E-state index contributed by atoms with van der Waals surface area (Å²) in [4.78, 5) is 5.12. The molecule has 0 fully saturated rings. The van der Waals surface area contributed by atoms with Gasteiger partial charge in [-0.05, 0) is 0 Å². The van der Waals surface area contributed by atoms with E-state index in [0.29, 0.717) is 0 Å². The topological polar surface area (TPSA) is 25.8 Å².